The van der Waals surface area contributed by atoms with E-state index in [0.29, 0.717) is 6.54 Å². The van der Waals surface area contributed by atoms with Crippen LogP contribution >= 0.6 is 0 Å². The van der Waals surface area contributed by atoms with Gasteiger partial charge in [-0.15, -0.1) is 0 Å². The van der Waals surface area contributed by atoms with Gasteiger partial charge < -0.3 is 10.6 Å². The number of hydrogen-bond donors (Lipinski definition) is 1. The van der Waals surface area contributed by atoms with Gasteiger partial charge in [0.15, 0.2) is 0 Å². The highest BCUT2D eigenvalue weighted by atomic mass is 16.1. The minimum atomic E-state index is -0.0679. The molecule has 0 aromatic carbocycles. The van der Waals surface area contributed by atoms with Crippen LogP contribution in [-0.2, 0) is 6.54 Å². The topological polar surface area (TPSA) is 64.2 Å². The maximum atomic E-state index is 11.8. The zero-order chi connectivity index (χ0) is 11.5. The van der Waals surface area contributed by atoms with Gasteiger partial charge in [0.2, 0.25) is 0 Å². The molecular formula is C11H18N4O. The number of hydrogen-bond acceptors (Lipinski definition) is 4. The molecule has 0 saturated carbocycles. The number of aromatic nitrogens is 2. The Hall–Kier alpha value is -1.36. The molecule has 1 unspecified atom stereocenters. The molecule has 0 spiro atoms. The van der Waals surface area contributed by atoms with Gasteiger partial charge in [-0.25, -0.2) is 4.68 Å². The van der Waals surface area contributed by atoms with Crippen molar-refractivity contribution < 1.29 is 0 Å². The van der Waals surface area contributed by atoms with Crippen molar-refractivity contribution in [3.05, 3.63) is 22.6 Å². The Bertz CT molecular complexity index is 407. The summed E-state index contributed by atoms with van der Waals surface area (Å²) in [5, 5.41) is 4.15. The van der Waals surface area contributed by atoms with E-state index in [9.17, 15) is 4.79 Å². The van der Waals surface area contributed by atoms with Crippen LogP contribution in [0.25, 0.3) is 0 Å². The van der Waals surface area contributed by atoms with Crippen molar-refractivity contribution in [1.82, 2.24) is 9.78 Å². The fourth-order valence-electron chi connectivity index (χ4n) is 1.98. The standard InChI is InChI=1S/C11H18N4O/c1-9(12)8-15-11(16)6-10(7-13-15)14-4-2-3-5-14/h6-7,9H,2-5,8,12H2,1H3. The lowest BCUT2D eigenvalue weighted by molar-refractivity contribution is 0.513. The first-order valence-electron chi connectivity index (χ1n) is 5.74. The summed E-state index contributed by atoms with van der Waals surface area (Å²) in [4.78, 5) is 13.9. The molecule has 2 N–H and O–H groups in total. The normalized spacial score (nSPS) is 17.8. The molecule has 2 rings (SSSR count). The van der Waals surface area contributed by atoms with E-state index in [0.717, 1.165) is 18.8 Å². The molecule has 0 aliphatic carbocycles. The van der Waals surface area contributed by atoms with Gasteiger partial charge in [-0.3, -0.25) is 4.79 Å². The van der Waals surface area contributed by atoms with Crippen molar-refractivity contribution in [2.45, 2.75) is 32.4 Å². The monoisotopic (exact) mass is 222 g/mol. The van der Waals surface area contributed by atoms with E-state index < -0.39 is 0 Å². The maximum absolute atomic E-state index is 11.8. The average molecular weight is 222 g/mol. The Balaban J connectivity index is 2.18. The number of rotatable bonds is 3. The third-order valence-electron chi connectivity index (χ3n) is 2.79. The molecule has 1 aromatic rings. The second kappa shape index (κ2) is 4.65. The van der Waals surface area contributed by atoms with Gasteiger partial charge in [0.05, 0.1) is 18.4 Å². The molecule has 0 amide bonds. The van der Waals surface area contributed by atoms with Crippen molar-refractivity contribution >= 4 is 5.69 Å². The minimum Gasteiger partial charge on any atom is -0.370 e. The van der Waals surface area contributed by atoms with Crippen LogP contribution in [0, 0.1) is 0 Å². The molecule has 5 nitrogen and oxygen atoms in total. The summed E-state index contributed by atoms with van der Waals surface area (Å²) in [5.74, 6) is 0. The predicted molar refractivity (Wildman–Crippen MR) is 63.6 cm³/mol. The second-order valence-electron chi connectivity index (χ2n) is 4.41. The summed E-state index contributed by atoms with van der Waals surface area (Å²) >= 11 is 0. The van der Waals surface area contributed by atoms with E-state index >= 15 is 0 Å². The Kier molecular flexibility index (Phi) is 3.24. The Morgan fingerprint density at radius 3 is 2.75 bits per heavy atom. The smallest absolute Gasteiger partial charge is 0.268 e. The first kappa shape index (κ1) is 11.1. The van der Waals surface area contributed by atoms with Crippen molar-refractivity contribution in [2.75, 3.05) is 18.0 Å². The molecule has 2 heterocycles. The van der Waals surface area contributed by atoms with Crippen LogP contribution in [-0.4, -0.2) is 28.9 Å². The van der Waals surface area contributed by atoms with Gasteiger partial charge in [-0.05, 0) is 19.8 Å². The molecular weight excluding hydrogens is 204 g/mol. The van der Waals surface area contributed by atoms with Crippen molar-refractivity contribution in [2.24, 2.45) is 5.73 Å². The van der Waals surface area contributed by atoms with Gasteiger partial charge >= 0.3 is 0 Å². The van der Waals surface area contributed by atoms with Crippen LogP contribution in [0.2, 0.25) is 0 Å². The zero-order valence-corrected chi connectivity index (χ0v) is 9.59. The molecule has 16 heavy (non-hydrogen) atoms. The van der Waals surface area contributed by atoms with E-state index in [-0.39, 0.29) is 11.6 Å². The highest BCUT2D eigenvalue weighted by molar-refractivity contribution is 5.43. The Morgan fingerprint density at radius 2 is 2.19 bits per heavy atom. The first-order chi connectivity index (χ1) is 7.66. The van der Waals surface area contributed by atoms with Crippen LogP contribution in [0.1, 0.15) is 19.8 Å². The fraction of sp³-hybridized carbons (Fsp3) is 0.636. The molecule has 0 radical (unpaired) electrons. The molecule has 5 heteroatoms. The summed E-state index contributed by atoms with van der Waals surface area (Å²) in [6.45, 7) is 4.39. The maximum Gasteiger partial charge on any atom is 0.268 e. The molecule has 1 aromatic heterocycles. The van der Waals surface area contributed by atoms with Gasteiger partial charge in [-0.1, -0.05) is 0 Å². The molecule has 1 aliphatic heterocycles. The fourth-order valence-corrected chi connectivity index (χ4v) is 1.98. The van der Waals surface area contributed by atoms with Crippen LogP contribution in [0.4, 0.5) is 5.69 Å². The summed E-state index contributed by atoms with van der Waals surface area (Å²) in [6.07, 6.45) is 4.15. The minimum absolute atomic E-state index is 0.0529. The molecule has 0 bridgehead atoms. The van der Waals surface area contributed by atoms with Gasteiger partial charge in [0.1, 0.15) is 0 Å². The van der Waals surface area contributed by atoms with Crippen molar-refractivity contribution in [1.29, 1.82) is 0 Å². The van der Waals surface area contributed by atoms with E-state index in [4.69, 9.17) is 5.73 Å². The zero-order valence-electron chi connectivity index (χ0n) is 9.59. The van der Waals surface area contributed by atoms with E-state index in [2.05, 4.69) is 10.00 Å². The summed E-state index contributed by atoms with van der Waals surface area (Å²) in [5.41, 5.74) is 6.51. The van der Waals surface area contributed by atoms with E-state index in [1.54, 1.807) is 12.3 Å². The molecule has 1 aliphatic rings. The van der Waals surface area contributed by atoms with Gasteiger partial charge in [0.25, 0.3) is 5.56 Å². The molecule has 1 atom stereocenters. The molecule has 1 fully saturated rings. The molecule has 1 saturated heterocycles. The number of anilines is 1. The molecule has 88 valence electrons. The Labute approximate surface area is 94.9 Å². The lowest BCUT2D eigenvalue weighted by Crippen LogP contribution is -2.32. The number of nitrogens with zero attached hydrogens (tertiary/aromatic N) is 3. The second-order valence-corrected chi connectivity index (χ2v) is 4.41. The van der Waals surface area contributed by atoms with Crippen LogP contribution in [0.3, 0.4) is 0 Å². The largest absolute Gasteiger partial charge is 0.370 e. The van der Waals surface area contributed by atoms with E-state index in [1.165, 1.54) is 17.5 Å². The lowest BCUT2D eigenvalue weighted by Gasteiger charge is -2.17. The highest BCUT2D eigenvalue weighted by Crippen LogP contribution is 2.16. The third kappa shape index (κ3) is 2.41. The first-order valence-corrected chi connectivity index (χ1v) is 5.74. The average Bonchev–Trinajstić information content (AvgIpc) is 2.73. The van der Waals surface area contributed by atoms with Crippen molar-refractivity contribution in [3.8, 4) is 0 Å². The number of nitrogens with two attached hydrogens (primary N) is 1. The highest BCUT2D eigenvalue weighted by Gasteiger charge is 2.13. The van der Waals surface area contributed by atoms with Crippen LogP contribution in [0.15, 0.2) is 17.1 Å². The predicted octanol–water partition coefficient (Wildman–Crippen LogP) is 0.191. The van der Waals surface area contributed by atoms with Crippen molar-refractivity contribution in [3.63, 3.8) is 0 Å². The van der Waals surface area contributed by atoms with Crippen LogP contribution in [0.5, 0.6) is 0 Å². The van der Waals surface area contributed by atoms with E-state index in [1.807, 2.05) is 6.92 Å². The summed E-state index contributed by atoms with van der Waals surface area (Å²) < 4.78 is 1.42. The lowest BCUT2D eigenvalue weighted by atomic mass is 10.3. The quantitative estimate of drug-likeness (QED) is 0.793. The van der Waals surface area contributed by atoms with Gasteiger partial charge in [-0.2, -0.15) is 5.10 Å². The van der Waals surface area contributed by atoms with Gasteiger partial charge in [0, 0.05) is 25.2 Å². The summed E-state index contributed by atoms with van der Waals surface area (Å²) in [6, 6.07) is 1.60. The van der Waals surface area contributed by atoms with Crippen LogP contribution < -0.4 is 16.2 Å². The Morgan fingerprint density at radius 1 is 1.50 bits per heavy atom. The summed E-state index contributed by atoms with van der Waals surface area (Å²) in [7, 11) is 0. The third-order valence-corrected chi connectivity index (χ3v) is 2.79. The SMILES string of the molecule is CC(N)Cn1ncc(N2CCCC2)cc1=O.